The molecule has 1 atom stereocenters. The van der Waals surface area contributed by atoms with E-state index in [-0.39, 0.29) is 18.5 Å². The fourth-order valence-corrected chi connectivity index (χ4v) is 6.76. The number of rotatable bonds is 14. The van der Waals surface area contributed by atoms with Crippen molar-refractivity contribution in [3.05, 3.63) is 108 Å². The molecule has 0 spiro atoms. The first-order valence-corrected chi connectivity index (χ1v) is 19.0. The molecule has 1 fully saturated rings. The van der Waals surface area contributed by atoms with E-state index >= 15 is 0 Å². The molecule has 2 aromatic heterocycles. The van der Waals surface area contributed by atoms with Crippen LogP contribution in [0, 0.1) is 0 Å². The lowest BCUT2D eigenvalue weighted by atomic mass is 10.0. The van der Waals surface area contributed by atoms with Gasteiger partial charge in [0.05, 0.1) is 44.0 Å². The van der Waals surface area contributed by atoms with Crippen molar-refractivity contribution < 1.29 is 19.1 Å². The van der Waals surface area contributed by atoms with Gasteiger partial charge in [-0.2, -0.15) is 0 Å². The normalized spacial score (nSPS) is 13.6. The number of urea groups is 1. The Morgan fingerprint density at radius 2 is 1.22 bits per heavy atom. The third kappa shape index (κ3) is 9.78. The van der Waals surface area contributed by atoms with Crippen molar-refractivity contribution in [2.75, 3.05) is 53.4 Å². The van der Waals surface area contributed by atoms with Crippen LogP contribution < -0.4 is 5.32 Å². The molecule has 1 aliphatic heterocycles. The lowest BCUT2D eigenvalue weighted by molar-refractivity contribution is -0.134. The van der Waals surface area contributed by atoms with Crippen molar-refractivity contribution in [1.29, 1.82) is 0 Å². The molecule has 0 radical (unpaired) electrons. The average molecular weight is 746 g/mol. The Morgan fingerprint density at radius 3 is 1.73 bits per heavy atom. The number of hydrogen-bond donors (Lipinski definition) is 3. The van der Waals surface area contributed by atoms with Crippen LogP contribution in [0.15, 0.2) is 91.3 Å². The Kier molecular flexibility index (Phi) is 13.0. The smallest absolute Gasteiger partial charge is 0.407 e. The van der Waals surface area contributed by atoms with Crippen molar-refractivity contribution >= 4 is 18.0 Å². The molecule has 13 heteroatoms. The summed E-state index contributed by atoms with van der Waals surface area (Å²) in [6.45, 7) is 9.24. The van der Waals surface area contributed by atoms with Gasteiger partial charge in [0.1, 0.15) is 17.7 Å². The highest BCUT2D eigenvalue weighted by atomic mass is 16.5. The molecule has 3 heterocycles. The number of carbonyl (C=O) groups excluding carboxylic acids is 3. The van der Waals surface area contributed by atoms with E-state index in [1.807, 2.05) is 65.4 Å². The van der Waals surface area contributed by atoms with Crippen molar-refractivity contribution in [2.45, 2.75) is 45.8 Å². The number of ether oxygens (including phenoxy) is 1. The Hall–Kier alpha value is -5.95. The van der Waals surface area contributed by atoms with Crippen LogP contribution in [0.25, 0.3) is 33.6 Å². The largest absolute Gasteiger partial charge is 0.453 e. The third-order valence-electron chi connectivity index (χ3n) is 9.83. The summed E-state index contributed by atoms with van der Waals surface area (Å²) in [5.74, 6) is 1.17. The molecule has 1 saturated heterocycles. The molecule has 5 aromatic rings. The first-order chi connectivity index (χ1) is 26.8. The van der Waals surface area contributed by atoms with Gasteiger partial charge in [0.15, 0.2) is 0 Å². The Labute approximate surface area is 322 Å². The van der Waals surface area contributed by atoms with Gasteiger partial charge in [0.2, 0.25) is 5.91 Å². The molecule has 1 aliphatic rings. The summed E-state index contributed by atoms with van der Waals surface area (Å²) in [5, 5.41) is 2.69. The predicted octanol–water partition coefficient (Wildman–Crippen LogP) is 6.55. The standard InChI is InChI=1S/C42H51N9O4/c1-5-20-50(40(52)39(47-41(53)55-4)34-10-8-7-9-11-34)28-37-43-26-35(45-37)32-16-12-30(13-17-32)31-14-18-33(19-15-31)36-27-44-38(46-36)29-51(21-6-2)42(54)49-24-22-48(3)23-25-49/h7-19,26-27,39H,5-6,20-25,28-29H2,1-4H3,(H,43,45)(H,44,46)(H,47,53). The zero-order valence-electron chi connectivity index (χ0n) is 32.1. The minimum absolute atomic E-state index is 0.0745. The maximum atomic E-state index is 13.8. The minimum atomic E-state index is -0.890. The molecule has 0 saturated carbocycles. The number of piperazine rings is 1. The summed E-state index contributed by atoms with van der Waals surface area (Å²) in [5.41, 5.74) is 6.55. The first-order valence-electron chi connectivity index (χ1n) is 19.0. The highest BCUT2D eigenvalue weighted by molar-refractivity contribution is 5.87. The van der Waals surface area contributed by atoms with E-state index in [9.17, 15) is 14.4 Å². The zero-order chi connectivity index (χ0) is 38.7. The molecule has 3 aromatic carbocycles. The van der Waals surface area contributed by atoms with Crippen LogP contribution in [0.4, 0.5) is 9.59 Å². The number of nitrogens with one attached hydrogen (secondary N) is 3. The molecule has 288 valence electrons. The summed E-state index contributed by atoms with van der Waals surface area (Å²) >= 11 is 0. The predicted molar refractivity (Wildman–Crippen MR) is 213 cm³/mol. The number of carbonyl (C=O) groups is 3. The van der Waals surface area contributed by atoms with Gasteiger partial charge < -0.3 is 39.6 Å². The van der Waals surface area contributed by atoms with E-state index in [0.29, 0.717) is 31.0 Å². The monoisotopic (exact) mass is 745 g/mol. The molecule has 6 rings (SSSR count). The Balaban J connectivity index is 1.08. The van der Waals surface area contributed by atoms with Crippen molar-refractivity contribution in [1.82, 2.24) is 44.9 Å². The molecule has 3 N–H and O–H groups in total. The second-order valence-electron chi connectivity index (χ2n) is 13.9. The molecule has 0 bridgehead atoms. The number of imidazole rings is 2. The van der Waals surface area contributed by atoms with E-state index in [4.69, 9.17) is 4.74 Å². The molecular weight excluding hydrogens is 695 g/mol. The van der Waals surface area contributed by atoms with Crippen LogP contribution in [0.1, 0.15) is 49.9 Å². The van der Waals surface area contributed by atoms with E-state index in [2.05, 4.69) is 80.5 Å². The number of likely N-dealkylation sites (N-methyl/N-ethyl adjacent to an activating group) is 1. The van der Waals surface area contributed by atoms with Gasteiger partial charge in [-0.1, -0.05) is 92.7 Å². The van der Waals surface area contributed by atoms with E-state index in [1.165, 1.54) is 7.11 Å². The highest BCUT2D eigenvalue weighted by Crippen LogP contribution is 2.27. The second-order valence-corrected chi connectivity index (χ2v) is 13.9. The van der Waals surface area contributed by atoms with Gasteiger partial charge in [-0.3, -0.25) is 4.79 Å². The van der Waals surface area contributed by atoms with Crippen molar-refractivity contribution in [3.63, 3.8) is 0 Å². The van der Waals surface area contributed by atoms with Crippen LogP contribution in [0.3, 0.4) is 0 Å². The lowest BCUT2D eigenvalue weighted by Crippen LogP contribution is -2.51. The van der Waals surface area contributed by atoms with Crippen molar-refractivity contribution in [3.8, 4) is 33.6 Å². The fourth-order valence-electron chi connectivity index (χ4n) is 6.76. The molecule has 55 heavy (non-hydrogen) atoms. The van der Waals surface area contributed by atoms with Gasteiger partial charge >= 0.3 is 12.1 Å². The van der Waals surface area contributed by atoms with Crippen molar-refractivity contribution in [2.24, 2.45) is 0 Å². The minimum Gasteiger partial charge on any atom is -0.453 e. The van der Waals surface area contributed by atoms with Crippen LogP contribution in [0.2, 0.25) is 0 Å². The number of amides is 4. The molecule has 1 unspecified atom stereocenters. The number of benzene rings is 3. The number of aromatic amines is 2. The molecule has 0 aliphatic carbocycles. The summed E-state index contributed by atoms with van der Waals surface area (Å²) in [6, 6.07) is 24.9. The highest BCUT2D eigenvalue weighted by Gasteiger charge is 2.28. The van der Waals surface area contributed by atoms with E-state index in [0.717, 1.165) is 78.5 Å². The summed E-state index contributed by atoms with van der Waals surface area (Å²) < 4.78 is 4.81. The van der Waals surface area contributed by atoms with Gasteiger partial charge in [-0.15, -0.1) is 0 Å². The second kappa shape index (κ2) is 18.4. The van der Waals surface area contributed by atoms with E-state index in [1.54, 1.807) is 11.1 Å². The SMILES string of the molecule is CCCN(Cc1ncc(-c2ccc(-c3ccc(-c4cnc(CN(CCC)C(=O)N5CCN(C)CC5)[nH]4)cc3)cc2)[nH]1)C(=O)C(NC(=O)OC)c1ccccc1. The zero-order valence-corrected chi connectivity index (χ0v) is 32.1. The maximum Gasteiger partial charge on any atom is 0.407 e. The quantitative estimate of drug-likeness (QED) is 0.117. The summed E-state index contributed by atoms with van der Waals surface area (Å²) in [6.07, 6.45) is 4.55. The molecule has 4 amide bonds. The number of nitrogens with zero attached hydrogens (tertiary/aromatic N) is 6. The summed E-state index contributed by atoms with van der Waals surface area (Å²) in [4.78, 5) is 63.0. The fraction of sp³-hybridized carbons (Fsp3) is 0.357. The maximum absolute atomic E-state index is 13.8. The van der Waals surface area contributed by atoms with Crippen LogP contribution in [-0.2, 0) is 22.6 Å². The topological polar surface area (TPSA) is 143 Å². The Bertz CT molecular complexity index is 2000. The average Bonchev–Trinajstić information content (AvgIpc) is 3.90. The third-order valence-corrected chi connectivity index (χ3v) is 9.83. The number of methoxy groups -OCH3 is 1. The van der Waals surface area contributed by atoms with Crippen LogP contribution >= 0.6 is 0 Å². The van der Waals surface area contributed by atoms with Gasteiger partial charge in [-0.05, 0) is 47.7 Å². The van der Waals surface area contributed by atoms with Gasteiger partial charge in [-0.25, -0.2) is 19.6 Å². The number of hydrogen-bond acceptors (Lipinski definition) is 7. The van der Waals surface area contributed by atoms with Crippen LogP contribution in [-0.4, -0.2) is 111 Å². The molecule has 13 nitrogen and oxygen atoms in total. The number of aromatic nitrogens is 4. The molecular formula is C42H51N9O4. The number of alkyl carbamates (subject to hydrolysis) is 1. The summed E-state index contributed by atoms with van der Waals surface area (Å²) in [7, 11) is 3.37. The van der Waals surface area contributed by atoms with Gasteiger partial charge in [0, 0.05) is 39.3 Å². The number of H-pyrrole nitrogens is 2. The lowest BCUT2D eigenvalue weighted by Gasteiger charge is -2.35. The van der Waals surface area contributed by atoms with E-state index < -0.39 is 12.1 Å². The first kappa shape index (κ1) is 38.8. The van der Waals surface area contributed by atoms with Gasteiger partial charge in [0.25, 0.3) is 0 Å². The van der Waals surface area contributed by atoms with Crippen LogP contribution in [0.5, 0.6) is 0 Å². The Morgan fingerprint density at radius 1 is 0.727 bits per heavy atom.